The van der Waals surface area contributed by atoms with Crippen molar-refractivity contribution < 1.29 is 24.1 Å². The molecule has 1 aromatic carbocycles. The fourth-order valence-electron chi connectivity index (χ4n) is 2.43. The first-order chi connectivity index (χ1) is 10.2. The summed E-state index contributed by atoms with van der Waals surface area (Å²) in [4.78, 5) is 2.18. The quantitative estimate of drug-likeness (QED) is 0.851. The van der Waals surface area contributed by atoms with Crippen molar-refractivity contribution in [2.24, 2.45) is 0 Å². The number of hydrogen-bond acceptors (Lipinski definition) is 6. The van der Waals surface area contributed by atoms with Gasteiger partial charge in [0.15, 0.2) is 11.5 Å². The lowest BCUT2D eigenvalue weighted by Crippen LogP contribution is -2.38. The largest absolute Gasteiger partial charge is 0.493 e. The van der Waals surface area contributed by atoms with Gasteiger partial charge in [-0.05, 0) is 17.7 Å². The lowest BCUT2D eigenvalue weighted by molar-refractivity contribution is 0.0142. The molecule has 22 heavy (non-hydrogen) atoms. The van der Waals surface area contributed by atoms with Gasteiger partial charge in [-0.15, -0.1) is 12.4 Å². The molecular weight excluding hydrogens is 310 g/mol. The van der Waals surface area contributed by atoms with Gasteiger partial charge >= 0.3 is 0 Å². The summed E-state index contributed by atoms with van der Waals surface area (Å²) >= 11 is 0. The summed E-state index contributed by atoms with van der Waals surface area (Å²) in [7, 11) is 4.69. The Morgan fingerprint density at radius 2 is 1.64 bits per heavy atom. The summed E-state index contributed by atoms with van der Waals surface area (Å²) in [6.07, 6.45) is -0.614. The van der Waals surface area contributed by atoms with E-state index in [9.17, 15) is 5.11 Å². The van der Waals surface area contributed by atoms with Gasteiger partial charge in [0.1, 0.15) is 0 Å². The molecule has 1 aliphatic heterocycles. The minimum atomic E-state index is -0.614. The number of β-amino-alcohol motifs (C(OH)–C–C–N with tert-alkyl or cyclic N) is 1. The van der Waals surface area contributed by atoms with Gasteiger partial charge in [-0.2, -0.15) is 0 Å². The van der Waals surface area contributed by atoms with Crippen LogP contribution in [0, 0.1) is 0 Å². The van der Waals surface area contributed by atoms with E-state index < -0.39 is 6.10 Å². The highest BCUT2D eigenvalue weighted by molar-refractivity contribution is 5.85. The Labute approximate surface area is 137 Å². The van der Waals surface area contributed by atoms with Crippen LogP contribution in [0.1, 0.15) is 11.7 Å². The summed E-state index contributed by atoms with van der Waals surface area (Å²) < 4.78 is 21.2. The van der Waals surface area contributed by atoms with E-state index in [4.69, 9.17) is 18.9 Å². The summed E-state index contributed by atoms with van der Waals surface area (Å²) in [5.74, 6) is 1.63. The van der Waals surface area contributed by atoms with Gasteiger partial charge in [0, 0.05) is 19.6 Å². The number of morpholine rings is 1. The number of methoxy groups -OCH3 is 3. The number of hydrogen-bond donors (Lipinski definition) is 1. The summed E-state index contributed by atoms with van der Waals surface area (Å²) in [6.45, 7) is 3.65. The van der Waals surface area contributed by atoms with E-state index in [1.54, 1.807) is 33.5 Å². The average Bonchev–Trinajstić information content (AvgIpc) is 2.54. The Hall–Kier alpha value is -1.21. The van der Waals surface area contributed by atoms with E-state index in [0.717, 1.165) is 18.7 Å². The molecule has 0 spiro atoms. The number of benzene rings is 1. The van der Waals surface area contributed by atoms with E-state index >= 15 is 0 Å². The van der Waals surface area contributed by atoms with Crippen LogP contribution in [0.2, 0.25) is 0 Å². The molecule has 7 heteroatoms. The first-order valence-corrected chi connectivity index (χ1v) is 6.97. The Morgan fingerprint density at radius 3 is 2.09 bits per heavy atom. The first kappa shape index (κ1) is 18.8. The van der Waals surface area contributed by atoms with Gasteiger partial charge in [-0.3, -0.25) is 4.90 Å². The first-order valence-electron chi connectivity index (χ1n) is 6.97. The topological polar surface area (TPSA) is 60.4 Å². The van der Waals surface area contributed by atoms with Gasteiger partial charge in [0.2, 0.25) is 5.75 Å². The van der Waals surface area contributed by atoms with Crippen molar-refractivity contribution in [3.63, 3.8) is 0 Å². The highest BCUT2D eigenvalue weighted by Crippen LogP contribution is 2.39. The number of nitrogens with zero attached hydrogens (tertiary/aromatic N) is 1. The zero-order chi connectivity index (χ0) is 15.2. The fourth-order valence-corrected chi connectivity index (χ4v) is 2.43. The Balaban J connectivity index is 0.00000242. The third-order valence-corrected chi connectivity index (χ3v) is 3.61. The lowest BCUT2D eigenvalue weighted by Gasteiger charge is -2.29. The number of halogens is 1. The Morgan fingerprint density at radius 1 is 1.09 bits per heavy atom. The van der Waals surface area contributed by atoms with Crippen molar-refractivity contribution in [1.82, 2.24) is 4.90 Å². The van der Waals surface area contributed by atoms with Crippen LogP contribution in [0.4, 0.5) is 0 Å². The standard InChI is InChI=1S/C15H23NO5.ClH/c1-18-13-8-11(9-14(19-2)15(13)20-3)12(17)10-16-4-6-21-7-5-16;/h8-9,12,17H,4-7,10H2,1-3H3;1H. The molecule has 2 rings (SSSR count). The normalized spacial score (nSPS) is 16.5. The van der Waals surface area contributed by atoms with Gasteiger partial charge in [0.05, 0.1) is 40.6 Å². The second-order valence-corrected chi connectivity index (χ2v) is 4.89. The molecule has 0 aliphatic carbocycles. The monoisotopic (exact) mass is 333 g/mol. The molecule has 126 valence electrons. The Kier molecular flexibility index (Phi) is 7.75. The molecule has 1 aromatic rings. The molecule has 1 aliphatic rings. The molecule has 1 N–H and O–H groups in total. The SMILES string of the molecule is COc1cc(C(O)CN2CCOCC2)cc(OC)c1OC.Cl. The lowest BCUT2D eigenvalue weighted by atomic mass is 10.1. The van der Waals surface area contributed by atoms with Gasteiger partial charge in [-0.25, -0.2) is 0 Å². The third-order valence-electron chi connectivity index (χ3n) is 3.61. The smallest absolute Gasteiger partial charge is 0.203 e. The molecule has 1 unspecified atom stereocenters. The van der Waals surface area contributed by atoms with E-state index in [1.165, 1.54) is 0 Å². The minimum Gasteiger partial charge on any atom is -0.493 e. The maximum Gasteiger partial charge on any atom is 0.203 e. The zero-order valence-corrected chi connectivity index (χ0v) is 14.0. The van der Waals surface area contributed by atoms with Gasteiger partial charge < -0.3 is 24.1 Å². The van der Waals surface area contributed by atoms with Crippen LogP contribution in [0.3, 0.4) is 0 Å². The van der Waals surface area contributed by atoms with Crippen LogP contribution in [0.5, 0.6) is 17.2 Å². The molecule has 0 aromatic heterocycles. The maximum atomic E-state index is 10.4. The predicted molar refractivity (Wildman–Crippen MR) is 85.6 cm³/mol. The summed E-state index contributed by atoms with van der Waals surface area (Å²) in [6, 6.07) is 3.57. The predicted octanol–water partition coefficient (Wildman–Crippen LogP) is 1.50. The second kappa shape index (κ2) is 9.05. The van der Waals surface area contributed by atoms with Crippen molar-refractivity contribution >= 4 is 12.4 Å². The highest BCUT2D eigenvalue weighted by atomic mass is 35.5. The number of ether oxygens (including phenoxy) is 4. The van der Waals surface area contributed by atoms with Gasteiger partial charge in [0.25, 0.3) is 0 Å². The molecule has 1 heterocycles. The van der Waals surface area contributed by atoms with Gasteiger partial charge in [-0.1, -0.05) is 0 Å². The molecule has 1 saturated heterocycles. The molecule has 6 nitrogen and oxygen atoms in total. The Bertz CT molecular complexity index is 440. The van der Waals surface area contributed by atoms with Crippen molar-refractivity contribution in [3.05, 3.63) is 17.7 Å². The molecule has 1 fully saturated rings. The van der Waals surface area contributed by atoms with Crippen molar-refractivity contribution in [3.8, 4) is 17.2 Å². The number of aliphatic hydroxyl groups excluding tert-OH is 1. The molecular formula is C15H24ClNO5. The number of aliphatic hydroxyl groups is 1. The molecule has 0 saturated carbocycles. The third kappa shape index (κ3) is 4.39. The average molecular weight is 334 g/mol. The van der Waals surface area contributed by atoms with Crippen LogP contribution in [-0.4, -0.2) is 64.2 Å². The van der Waals surface area contributed by atoms with Crippen molar-refractivity contribution in [1.29, 1.82) is 0 Å². The van der Waals surface area contributed by atoms with Crippen LogP contribution >= 0.6 is 12.4 Å². The van der Waals surface area contributed by atoms with Crippen molar-refractivity contribution in [2.45, 2.75) is 6.10 Å². The fraction of sp³-hybridized carbons (Fsp3) is 0.600. The molecule has 1 atom stereocenters. The maximum absolute atomic E-state index is 10.4. The zero-order valence-electron chi connectivity index (χ0n) is 13.2. The van der Waals surface area contributed by atoms with E-state index in [2.05, 4.69) is 4.90 Å². The van der Waals surface area contributed by atoms with E-state index in [-0.39, 0.29) is 12.4 Å². The second-order valence-electron chi connectivity index (χ2n) is 4.89. The van der Waals surface area contributed by atoms with Crippen molar-refractivity contribution in [2.75, 3.05) is 54.2 Å². The van der Waals surface area contributed by atoms with E-state index in [0.29, 0.717) is 37.0 Å². The minimum absolute atomic E-state index is 0. The molecule has 0 bridgehead atoms. The van der Waals surface area contributed by atoms with Crippen LogP contribution in [0.25, 0.3) is 0 Å². The highest BCUT2D eigenvalue weighted by Gasteiger charge is 2.20. The van der Waals surface area contributed by atoms with Crippen LogP contribution in [0.15, 0.2) is 12.1 Å². The summed E-state index contributed by atoms with van der Waals surface area (Å²) in [5, 5.41) is 10.4. The van der Waals surface area contributed by atoms with E-state index in [1.807, 2.05) is 0 Å². The molecule has 0 amide bonds. The van der Waals surface area contributed by atoms with Crippen LogP contribution < -0.4 is 14.2 Å². The van der Waals surface area contributed by atoms with Crippen LogP contribution in [-0.2, 0) is 4.74 Å². The number of rotatable bonds is 6. The molecule has 0 radical (unpaired) electrons. The summed E-state index contributed by atoms with van der Waals surface area (Å²) in [5.41, 5.74) is 0.746.